The van der Waals surface area contributed by atoms with Gasteiger partial charge in [-0.05, 0) is 58.9 Å². The van der Waals surface area contributed by atoms with Crippen LogP contribution in [0, 0.1) is 0 Å². The molecule has 12 rings (SSSR count). The summed E-state index contributed by atoms with van der Waals surface area (Å²) in [5, 5.41) is 27.5. The van der Waals surface area contributed by atoms with Crippen LogP contribution in [-0.2, 0) is 27.1 Å². The van der Waals surface area contributed by atoms with Gasteiger partial charge in [0, 0.05) is 94.4 Å². The Morgan fingerprint density at radius 3 is 2.02 bits per heavy atom. The highest BCUT2D eigenvalue weighted by molar-refractivity contribution is 5.75. The van der Waals surface area contributed by atoms with Gasteiger partial charge in [-0.1, -0.05) is 42.5 Å². The van der Waals surface area contributed by atoms with Crippen LogP contribution < -0.4 is 9.80 Å². The Morgan fingerprint density at radius 1 is 0.538 bits per heavy atom. The SMILES string of the molecule is Cn1cc(-c2cn3ncc(N4CCC(c5ncc(Cc6ccc(-c7cccc(Cn8cnc(C9CCN(c%10cnn%11nc(-c%12cnn(C)c%12)ccc%10%11)C9)n8)c7)cc6)cn5)C4)c3cn2)cn1. The first kappa shape index (κ1) is 38.6. The molecule has 0 aliphatic carbocycles. The third-order valence-corrected chi connectivity index (χ3v) is 12.8. The van der Waals surface area contributed by atoms with Gasteiger partial charge in [0.05, 0.1) is 66.5 Å². The second kappa shape index (κ2) is 15.9. The Hall–Kier alpha value is -8.08. The van der Waals surface area contributed by atoms with Gasteiger partial charge in [-0.15, -0.1) is 9.73 Å². The number of aryl methyl sites for hydroxylation is 2. The minimum atomic E-state index is 0.239. The molecular weight excluding hydrogens is 815 g/mol. The lowest BCUT2D eigenvalue weighted by Crippen LogP contribution is -2.19. The molecule has 0 bridgehead atoms. The van der Waals surface area contributed by atoms with E-state index in [0.717, 1.165) is 108 Å². The highest BCUT2D eigenvalue weighted by Gasteiger charge is 2.30. The van der Waals surface area contributed by atoms with E-state index in [1.54, 1.807) is 14.0 Å². The number of hydrogen-bond acceptors (Lipinski definition) is 12. The Bertz CT molecular complexity index is 3300. The minimum absolute atomic E-state index is 0.239. The zero-order chi connectivity index (χ0) is 43.4. The quantitative estimate of drug-likeness (QED) is 0.144. The van der Waals surface area contributed by atoms with Crippen LogP contribution >= 0.6 is 0 Å². The molecule has 8 aromatic heterocycles. The Morgan fingerprint density at radius 2 is 1.26 bits per heavy atom. The summed E-state index contributed by atoms with van der Waals surface area (Å²) in [6.07, 6.45) is 23.8. The van der Waals surface area contributed by atoms with Crippen molar-refractivity contribution in [1.29, 1.82) is 0 Å². The molecule has 0 amide bonds. The smallest absolute Gasteiger partial charge is 0.155 e. The molecule has 2 aromatic carbocycles. The lowest BCUT2D eigenvalue weighted by molar-refractivity contribution is 0.642. The zero-order valence-corrected chi connectivity index (χ0v) is 36.0. The van der Waals surface area contributed by atoms with Gasteiger partial charge in [0.25, 0.3) is 0 Å². The number of aromatic nitrogens is 15. The second-order valence-corrected chi connectivity index (χ2v) is 17.2. The zero-order valence-electron chi connectivity index (χ0n) is 36.0. The van der Waals surface area contributed by atoms with Gasteiger partial charge >= 0.3 is 0 Å². The van der Waals surface area contributed by atoms with Gasteiger partial charge in [-0.2, -0.15) is 25.5 Å². The number of rotatable bonds is 11. The van der Waals surface area contributed by atoms with E-state index in [0.29, 0.717) is 6.54 Å². The lowest BCUT2D eigenvalue weighted by atomic mass is 10.00. The molecule has 2 atom stereocenters. The molecule has 0 spiro atoms. The van der Waals surface area contributed by atoms with E-state index in [-0.39, 0.29) is 11.8 Å². The molecule has 10 aromatic rings. The summed E-state index contributed by atoms with van der Waals surface area (Å²) in [5.41, 5.74) is 13.6. The fraction of sp³-hybridized carbons (Fsp3) is 0.250. The highest BCUT2D eigenvalue weighted by atomic mass is 15.4. The third-order valence-electron chi connectivity index (χ3n) is 12.8. The predicted octanol–water partition coefficient (Wildman–Crippen LogP) is 6.25. The maximum atomic E-state index is 4.95. The molecule has 10 heterocycles. The van der Waals surface area contributed by atoms with Gasteiger partial charge < -0.3 is 9.80 Å². The van der Waals surface area contributed by atoms with Gasteiger partial charge in [-0.3, -0.25) is 14.3 Å². The van der Waals surface area contributed by atoms with Gasteiger partial charge in [0.15, 0.2) is 5.82 Å². The van der Waals surface area contributed by atoms with Gasteiger partial charge in [0.1, 0.15) is 23.2 Å². The van der Waals surface area contributed by atoms with E-state index in [9.17, 15) is 0 Å². The minimum Gasteiger partial charge on any atom is -0.368 e. The summed E-state index contributed by atoms with van der Waals surface area (Å²) in [4.78, 5) is 23.9. The van der Waals surface area contributed by atoms with Crippen molar-refractivity contribution in [2.45, 2.75) is 37.6 Å². The van der Waals surface area contributed by atoms with Crippen LogP contribution in [0.5, 0.6) is 0 Å². The van der Waals surface area contributed by atoms with Crippen molar-refractivity contribution >= 4 is 22.4 Å². The highest BCUT2D eigenvalue weighted by Crippen LogP contribution is 2.34. The van der Waals surface area contributed by atoms with Crippen LogP contribution in [0.15, 0.2) is 129 Å². The van der Waals surface area contributed by atoms with Crippen molar-refractivity contribution in [3.63, 3.8) is 0 Å². The van der Waals surface area contributed by atoms with E-state index in [1.807, 2.05) is 97.7 Å². The summed E-state index contributed by atoms with van der Waals surface area (Å²) in [5.74, 6) is 2.26. The van der Waals surface area contributed by atoms with Crippen LogP contribution in [0.25, 0.3) is 44.7 Å². The Kier molecular flexibility index (Phi) is 9.45. The van der Waals surface area contributed by atoms with E-state index in [4.69, 9.17) is 30.1 Å². The maximum Gasteiger partial charge on any atom is 0.155 e. The van der Waals surface area contributed by atoms with Crippen LogP contribution in [-0.4, -0.2) is 99.9 Å². The molecule has 2 unspecified atom stereocenters. The van der Waals surface area contributed by atoms with E-state index >= 15 is 0 Å². The molecule has 0 radical (unpaired) electrons. The number of benzene rings is 2. The molecule has 2 saturated heterocycles. The fourth-order valence-corrected chi connectivity index (χ4v) is 9.34. The van der Waals surface area contributed by atoms with Crippen LogP contribution in [0.1, 0.15) is 53.0 Å². The molecule has 2 aliphatic rings. The standard InChI is InChI=1S/C48H45N17/c1-59-26-39(20-53-59)41-10-11-43-44(24-56-65(43)57-41)61-15-13-38(29-61)48-52-31-63(58-48)25-33-4-3-5-36(17-33)35-8-6-32(7-9-35)16-34-18-50-47(51-19-34)37-12-14-62(28-37)45-23-55-64-30-42(49-22-46(45)64)40-21-54-60(2)27-40/h3-11,17-24,26-27,30-31,37-38H,12-16,25,28-29H2,1-2H3. The number of fused-ring (bicyclic) bond motifs is 2. The van der Waals surface area contributed by atoms with Gasteiger partial charge in [0.2, 0.25) is 0 Å². The summed E-state index contributed by atoms with van der Waals surface area (Å²) in [7, 11) is 3.81. The van der Waals surface area contributed by atoms with Crippen LogP contribution in [0.2, 0.25) is 0 Å². The van der Waals surface area contributed by atoms with E-state index in [1.165, 1.54) is 22.3 Å². The summed E-state index contributed by atoms with van der Waals surface area (Å²) < 4.78 is 9.12. The first-order valence-electron chi connectivity index (χ1n) is 22.0. The van der Waals surface area contributed by atoms with Crippen molar-refractivity contribution in [3.8, 4) is 33.6 Å². The van der Waals surface area contributed by atoms with Crippen LogP contribution in [0.4, 0.5) is 11.4 Å². The summed E-state index contributed by atoms with van der Waals surface area (Å²) in [6, 6.07) is 21.6. The van der Waals surface area contributed by atoms with E-state index < -0.39 is 0 Å². The summed E-state index contributed by atoms with van der Waals surface area (Å²) in [6.45, 7) is 4.15. The second-order valence-electron chi connectivity index (χ2n) is 17.2. The molecule has 2 aliphatic heterocycles. The molecule has 2 fully saturated rings. The molecule has 17 heteroatoms. The predicted molar refractivity (Wildman–Crippen MR) is 245 cm³/mol. The molecule has 65 heavy (non-hydrogen) atoms. The first-order chi connectivity index (χ1) is 31.9. The van der Waals surface area contributed by atoms with Crippen LogP contribution in [0.3, 0.4) is 0 Å². The first-order valence-corrected chi connectivity index (χ1v) is 22.0. The molecule has 322 valence electrons. The largest absolute Gasteiger partial charge is 0.368 e. The average Bonchev–Trinajstić information content (AvgIpc) is 4.19. The monoisotopic (exact) mass is 859 g/mol. The Balaban J connectivity index is 0.648. The van der Waals surface area contributed by atoms with Crippen molar-refractivity contribution in [1.82, 2.24) is 73.7 Å². The third kappa shape index (κ3) is 7.53. The van der Waals surface area contributed by atoms with Crippen molar-refractivity contribution in [2.24, 2.45) is 14.1 Å². The molecule has 0 N–H and O–H groups in total. The molecule has 17 nitrogen and oxygen atoms in total. The number of hydrogen-bond donors (Lipinski definition) is 0. The number of nitrogens with zero attached hydrogens (tertiary/aromatic N) is 17. The average molecular weight is 860 g/mol. The molecular formula is C48H45N17. The number of anilines is 2. The van der Waals surface area contributed by atoms with Gasteiger partial charge in [-0.25, -0.2) is 24.1 Å². The fourth-order valence-electron chi connectivity index (χ4n) is 9.34. The van der Waals surface area contributed by atoms with Crippen molar-refractivity contribution in [2.75, 3.05) is 36.0 Å². The Labute approximate surface area is 373 Å². The maximum absolute atomic E-state index is 4.95. The van der Waals surface area contributed by atoms with E-state index in [2.05, 4.69) is 84.8 Å². The summed E-state index contributed by atoms with van der Waals surface area (Å²) >= 11 is 0. The van der Waals surface area contributed by atoms with Crippen molar-refractivity contribution in [3.05, 3.63) is 157 Å². The van der Waals surface area contributed by atoms with Crippen molar-refractivity contribution < 1.29 is 0 Å². The normalized spacial score (nSPS) is 16.5. The topological polar surface area (TPSA) is 159 Å². The molecule has 0 saturated carbocycles. The lowest BCUT2D eigenvalue weighted by Gasteiger charge is -2.16.